The highest BCUT2D eigenvalue weighted by Crippen LogP contribution is 2.33. The summed E-state index contributed by atoms with van der Waals surface area (Å²) >= 11 is 7.45. The Morgan fingerprint density at radius 2 is 1.87 bits per heavy atom. The first kappa shape index (κ1) is 11.7. The summed E-state index contributed by atoms with van der Waals surface area (Å²) in [5, 5.41) is 0. The Bertz CT molecular complexity index is 322. The van der Waals surface area contributed by atoms with Gasteiger partial charge >= 0.3 is 0 Å². The smallest absolute Gasteiger partial charge is 0.0207 e. The number of alkyl halides is 1. The molecule has 0 bridgehead atoms. The van der Waals surface area contributed by atoms with E-state index in [1.165, 1.54) is 42.1 Å². The molecular formula is C13H16Br2. The number of rotatable bonds is 2. The third kappa shape index (κ3) is 3.07. The van der Waals surface area contributed by atoms with Crippen LogP contribution in [-0.4, -0.2) is 4.83 Å². The van der Waals surface area contributed by atoms with E-state index in [2.05, 4.69) is 56.1 Å². The molecule has 0 aromatic heterocycles. The molecule has 0 radical (unpaired) electrons. The van der Waals surface area contributed by atoms with Crippen molar-refractivity contribution in [1.82, 2.24) is 0 Å². The molecule has 1 aliphatic carbocycles. The van der Waals surface area contributed by atoms with E-state index in [0.29, 0.717) is 0 Å². The van der Waals surface area contributed by atoms with E-state index in [-0.39, 0.29) is 0 Å². The van der Waals surface area contributed by atoms with E-state index in [1.807, 2.05) is 0 Å². The summed E-state index contributed by atoms with van der Waals surface area (Å²) < 4.78 is 1.26. The van der Waals surface area contributed by atoms with Crippen molar-refractivity contribution in [3.05, 3.63) is 34.3 Å². The zero-order chi connectivity index (χ0) is 10.7. The van der Waals surface area contributed by atoms with Crippen molar-refractivity contribution in [3.63, 3.8) is 0 Å². The number of hydrogen-bond donors (Lipinski definition) is 0. The summed E-state index contributed by atoms with van der Waals surface area (Å²) in [6.07, 6.45) is 6.71. The van der Waals surface area contributed by atoms with Gasteiger partial charge in [0, 0.05) is 9.30 Å². The van der Waals surface area contributed by atoms with E-state index >= 15 is 0 Å². The molecule has 1 fully saturated rings. The summed E-state index contributed by atoms with van der Waals surface area (Å²) in [5.41, 5.74) is 1.45. The zero-order valence-electron chi connectivity index (χ0n) is 8.76. The quantitative estimate of drug-likeness (QED) is 0.673. The predicted octanol–water partition coefficient (Wildman–Crippen LogP) is 4.95. The first-order chi connectivity index (χ1) is 7.27. The molecule has 0 spiro atoms. The van der Waals surface area contributed by atoms with Gasteiger partial charge < -0.3 is 0 Å². The summed E-state index contributed by atoms with van der Waals surface area (Å²) in [6, 6.07) is 8.59. The Morgan fingerprint density at radius 3 is 2.60 bits per heavy atom. The Labute approximate surface area is 109 Å². The third-order valence-electron chi connectivity index (χ3n) is 3.26. The summed E-state index contributed by atoms with van der Waals surface area (Å²) in [4.78, 5) is 0.721. The van der Waals surface area contributed by atoms with Gasteiger partial charge in [0.25, 0.3) is 0 Å². The van der Waals surface area contributed by atoms with Crippen LogP contribution in [0.25, 0.3) is 0 Å². The van der Waals surface area contributed by atoms with Gasteiger partial charge in [-0.2, -0.15) is 0 Å². The molecule has 0 N–H and O–H groups in total. The first-order valence-corrected chi connectivity index (χ1v) is 7.35. The maximum Gasteiger partial charge on any atom is 0.0207 e. The molecule has 2 atom stereocenters. The molecule has 1 saturated carbocycles. The van der Waals surface area contributed by atoms with Gasteiger partial charge in [0.15, 0.2) is 0 Å². The van der Waals surface area contributed by atoms with Gasteiger partial charge in [-0.3, -0.25) is 0 Å². The van der Waals surface area contributed by atoms with Crippen LogP contribution in [0.1, 0.15) is 31.2 Å². The van der Waals surface area contributed by atoms with Crippen molar-refractivity contribution in [2.24, 2.45) is 5.92 Å². The normalized spacial score (nSPS) is 26.5. The molecule has 1 aromatic carbocycles. The van der Waals surface area contributed by atoms with Gasteiger partial charge in [-0.25, -0.2) is 0 Å². The topological polar surface area (TPSA) is 0 Å². The molecule has 15 heavy (non-hydrogen) atoms. The van der Waals surface area contributed by atoms with E-state index in [0.717, 1.165) is 10.7 Å². The van der Waals surface area contributed by atoms with Crippen LogP contribution in [0, 0.1) is 5.92 Å². The lowest BCUT2D eigenvalue weighted by molar-refractivity contribution is 0.373. The molecule has 1 aromatic rings. The second-order valence-electron chi connectivity index (χ2n) is 4.36. The molecule has 2 unspecified atom stereocenters. The van der Waals surface area contributed by atoms with Gasteiger partial charge in [0.2, 0.25) is 0 Å². The minimum atomic E-state index is 0.721. The van der Waals surface area contributed by atoms with Crippen LogP contribution in [0.5, 0.6) is 0 Å². The molecule has 0 aliphatic heterocycles. The van der Waals surface area contributed by atoms with Gasteiger partial charge in [-0.1, -0.05) is 62.9 Å². The largest absolute Gasteiger partial charge is 0.0888 e. The highest BCUT2D eigenvalue weighted by Gasteiger charge is 2.23. The molecule has 0 saturated heterocycles. The van der Waals surface area contributed by atoms with Crippen LogP contribution in [0.4, 0.5) is 0 Å². The SMILES string of the molecule is Brc1ccccc1CC1CCCCC1Br. The fourth-order valence-corrected chi connectivity index (χ4v) is 3.56. The van der Waals surface area contributed by atoms with Crippen LogP contribution >= 0.6 is 31.9 Å². The molecule has 0 nitrogen and oxygen atoms in total. The molecule has 0 heterocycles. The van der Waals surface area contributed by atoms with Gasteiger partial charge in [0.1, 0.15) is 0 Å². The van der Waals surface area contributed by atoms with Crippen LogP contribution in [0.15, 0.2) is 28.7 Å². The van der Waals surface area contributed by atoms with Gasteiger partial charge in [-0.05, 0) is 36.8 Å². The first-order valence-electron chi connectivity index (χ1n) is 5.65. The monoisotopic (exact) mass is 330 g/mol. The minimum absolute atomic E-state index is 0.721. The lowest BCUT2D eigenvalue weighted by Gasteiger charge is -2.27. The van der Waals surface area contributed by atoms with Crippen molar-refractivity contribution in [3.8, 4) is 0 Å². The lowest BCUT2D eigenvalue weighted by Crippen LogP contribution is -2.21. The third-order valence-corrected chi connectivity index (χ3v) is 5.24. The van der Waals surface area contributed by atoms with Crippen LogP contribution in [-0.2, 0) is 6.42 Å². The van der Waals surface area contributed by atoms with E-state index in [4.69, 9.17) is 0 Å². The van der Waals surface area contributed by atoms with Crippen LogP contribution in [0.3, 0.4) is 0 Å². The highest BCUT2D eigenvalue weighted by molar-refractivity contribution is 9.10. The standard InChI is InChI=1S/C13H16Br2/c14-12-7-3-1-5-10(12)9-11-6-2-4-8-13(11)15/h1,3,5,7,11,13H,2,4,6,8-9H2. The molecule has 82 valence electrons. The highest BCUT2D eigenvalue weighted by atomic mass is 79.9. The fourth-order valence-electron chi connectivity index (χ4n) is 2.34. The average Bonchev–Trinajstić information content (AvgIpc) is 2.24. The van der Waals surface area contributed by atoms with Crippen molar-refractivity contribution >= 4 is 31.9 Å². The van der Waals surface area contributed by atoms with Crippen LogP contribution in [0.2, 0.25) is 0 Å². The van der Waals surface area contributed by atoms with Crippen molar-refractivity contribution in [1.29, 1.82) is 0 Å². The molecule has 1 aliphatic rings. The molecule has 2 rings (SSSR count). The Morgan fingerprint density at radius 1 is 1.13 bits per heavy atom. The predicted molar refractivity (Wildman–Crippen MR) is 72.5 cm³/mol. The Hall–Kier alpha value is 0.180. The summed E-state index contributed by atoms with van der Waals surface area (Å²) in [7, 11) is 0. The maximum atomic E-state index is 3.82. The van der Waals surface area contributed by atoms with Crippen molar-refractivity contribution in [2.75, 3.05) is 0 Å². The average molecular weight is 332 g/mol. The second-order valence-corrected chi connectivity index (χ2v) is 6.39. The van der Waals surface area contributed by atoms with Gasteiger partial charge in [-0.15, -0.1) is 0 Å². The second kappa shape index (κ2) is 5.49. The fraction of sp³-hybridized carbons (Fsp3) is 0.538. The number of halogens is 2. The van der Waals surface area contributed by atoms with Gasteiger partial charge in [0.05, 0.1) is 0 Å². The lowest BCUT2D eigenvalue weighted by atomic mass is 9.85. The molecule has 0 amide bonds. The van der Waals surface area contributed by atoms with Crippen LogP contribution < -0.4 is 0 Å². The summed E-state index contributed by atoms with van der Waals surface area (Å²) in [5.74, 6) is 0.817. The Balaban J connectivity index is 2.04. The molecular weight excluding hydrogens is 316 g/mol. The van der Waals surface area contributed by atoms with E-state index in [1.54, 1.807) is 0 Å². The Kier molecular flexibility index (Phi) is 4.27. The summed E-state index contributed by atoms with van der Waals surface area (Å²) in [6.45, 7) is 0. The van der Waals surface area contributed by atoms with E-state index in [9.17, 15) is 0 Å². The molecule has 2 heteroatoms. The van der Waals surface area contributed by atoms with E-state index < -0.39 is 0 Å². The minimum Gasteiger partial charge on any atom is -0.0888 e. The number of hydrogen-bond acceptors (Lipinski definition) is 0. The van der Waals surface area contributed by atoms with Crippen molar-refractivity contribution in [2.45, 2.75) is 36.9 Å². The van der Waals surface area contributed by atoms with Crippen molar-refractivity contribution < 1.29 is 0 Å². The number of benzene rings is 1. The zero-order valence-corrected chi connectivity index (χ0v) is 11.9. The maximum absolute atomic E-state index is 3.82.